The zero-order chi connectivity index (χ0) is 28.3. The summed E-state index contributed by atoms with van der Waals surface area (Å²) >= 11 is 0. The molecule has 0 heterocycles. The molecule has 0 amide bonds. The third-order valence-electron chi connectivity index (χ3n) is 11.9. The standard InChI is InChI=1S/C42H52.2CH4/c1-2-7-30-12-14-31(15-13-30)28-32-16-18-33(19-17-32)29-34-20-22-37-26-24-35-8-3-5-10-39(35)41(37)42-38(23-21-34)27-25-36-9-4-6-11-40(36)42;;/h3-6,8-11,24-27,30-34H,2,7,12-23,28-29H2,1H3;2*1H4. The van der Waals surface area contributed by atoms with Crippen LogP contribution in [0.5, 0.6) is 0 Å². The first-order valence-corrected chi connectivity index (χ1v) is 17.8. The molecule has 0 atom stereocenters. The molecule has 0 aromatic heterocycles. The minimum absolute atomic E-state index is 0. The second kappa shape index (κ2) is 15.1. The van der Waals surface area contributed by atoms with Crippen molar-refractivity contribution in [2.75, 3.05) is 0 Å². The Balaban J connectivity index is 0.00000192. The molecule has 44 heavy (non-hydrogen) atoms. The van der Waals surface area contributed by atoms with Crippen LogP contribution < -0.4 is 0 Å². The fraction of sp³-hybridized carbons (Fsp3) is 0.545. The van der Waals surface area contributed by atoms with Crippen LogP contribution in [0.4, 0.5) is 0 Å². The van der Waals surface area contributed by atoms with E-state index in [-0.39, 0.29) is 14.9 Å². The van der Waals surface area contributed by atoms with E-state index in [2.05, 4.69) is 79.7 Å². The van der Waals surface area contributed by atoms with Gasteiger partial charge >= 0.3 is 0 Å². The zero-order valence-electron chi connectivity index (χ0n) is 26.1. The molecule has 0 unspecified atom stereocenters. The van der Waals surface area contributed by atoms with Crippen LogP contribution in [0.25, 0.3) is 32.7 Å². The normalized spacial score (nSPS) is 24.2. The van der Waals surface area contributed by atoms with E-state index in [4.69, 9.17) is 0 Å². The predicted octanol–water partition coefficient (Wildman–Crippen LogP) is 13.6. The lowest BCUT2D eigenvalue weighted by Gasteiger charge is -2.35. The van der Waals surface area contributed by atoms with Gasteiger partial charge < -0.3 is 0 Å². The van der Waals surface area contributed by atoms with Crippen molar-refractivity contribution in [3.05, 3.63) is 83.9 Å². The van der Waals surface area contributed by atoms with Gasteiger partial charge in [-0.25, -0.2) is 0 Å². The Kier molecular flexibility index (Phi) is 11.3. The SMILES string of the molecule is C.C.CCCC1CCC(CC2CCC(CC3CCc4ccc5ccccc5c4-c4c(ccc5ccccc45)CC3)CC2)CC1. The minimum atomic E-state index is 0. The third kappa shape index (κ3) is 7.11. The van der Waals surface area contributed by atoms with Gasteiger partial charge in [0, 0.05) is 0 Å². The number of hydrogen-bond acceptors (Lipinski definition) is 0. The fourth-order valence-corrected chi connectivity index (χ4v) is 9.55. The van der Waals surface area contributed by atoms with Crippen molar-refractivity contribution in [2.45, 2.75) is 125 Å². The molecule has 2 saturated carbocycles. The fourth-order valence-electron chi connectivity index (χ4n) is 9.55. The largest absolute Gasteiger partial charge is 0.0776 e. The molecule has 7 rings (SSSR count). The molecule has 3 aliphatic rings. The van der Waals surface area contributed by atoms with Crippen LogP contribution in [0.3, 0.4) is 0 Å². The maximum Gasteiger partial charge on any atom is -0.00643 e. The molecule has 0 saturated heterocycles. The summed E-state index contributed by atoms with van der Waals surface area (Å²) in [5.41, 5.74) is 6.17. The summed E-state index contributed by atoms with van der Waals surface area (Å²) in [6.07, 6.45) is 23.1. The van der Waals surface area contributed by atoms with E-state index < -0.39 is 0 Å². The Hall–Kier alpha value is -2.60. The Bertz CT molecular complexity index is 1390. The van der Waals surface area contributed by atoms with Crippen molar-refractivity contribution < 1.29 is 0 Å². The molecule has 0 heteroatoms. The number of aryl methyl sites for hydroxylation is 2. The van der Waals surface area contributed by atoms with E-state index in [0.717, 1.165) is 29.6 Å². The molecule has 0 radical (unpaired) electrons. The molecule has 0 nitrogen and oxygen atoms in total. The molecule has 0 aliphatic heterocycles. The number of benzene rings is 4. The molecular weight excluding hydrogens is 528 g/mol. The van der Waals surface area contributed by atoms with E-state index in [1.165, 1.54) is 129 Å². The summed E-state index contributed by atoms with van der Waals surface area (Å²) in [6, 6.07) is 27.9. The van der Waals surface area contributed by atoms with Gasteiger partial charge in [0.1, 0.15) is 0 Å². The van der Waals surface area contributed by atoms with Crippen LogP contribution in [0.1, 0.15) is 123 Å². The van der Waals surface area contributed by atoms with E-state index in [9.17, 15) is 0 Å². The van der Waals surface area contributed by atoms with Crippen molar-refractivity contribution in [3.63, 3.8) is 0 Å². The number of rotatable bonds is 6. The average molecular weight is 589 g/mol. The molecule has 0 bridgehead atoms. The zero-order valence-corrected chi connectivity index (χ0v) is 26.1. The summed E-state index contributed by atoms with van der Waals surface area (Å²) in [5.74, 6) is 4.92. The Labute approximate surface area is 270 Å². The maximum atomic E-state index is 2.46. The van der Waals surface area contributed by atoms with Crippen molar-refractivity contribution >= 4 is 21.5 Å². The van der Waals surface area contributed by atoms with E-state index in [1.807, 2.05) is 0 Å². The van der Waals surface area contributed by atoms with Crippen molar-refractivity contribution in [1.29, 1.82) is 0 Å². The van der Waals surface area contributed by atoms with E-state index in [0.29, 0.717) is 0 Å². The molecule has 0 spiro atoms. The average Bonchev–Trinajstić information content (AvgIpc) is 3.11. The van der Waals surface area contributed by atoms with Gasteiger partial charge in [-0.3, -0.25) is 0 Å². The van der Waals surface area contributed by atoms with Crippen molar-refractivity contribution in [1.82, 2.24) is 0 Å². The third-order valence-corrected chi connectivity index (χ3v) is 11.9. The molecule has 3 aliphatic carbocycles. The summed E-state index contributed by atoms with van der Waals surface area (Å²) in [5, 5.41) is 5.61. The first kappa shape index (κ1) is 32.8. The molecule has 236 valence electrons. The Morgan fingerprint density at radius 1 is 0.455 bits per heavy atom. The lowest BCUT2D eigenvalue weighted by Crippen LogP contribution is -2.22. The van der Waals surface area contributed by atoms with Crippen LogP contribution in [0, 0.1) is 29.6 Å². The Morgan fingerprint density at radius 2 is 0.841 bits per heavy atom. The summed E-state index contributed by atoms with van der Waals surface area (Å²) < 4.78 is 0. The van der Waals surface area contributed by atoms with Gasteiger partial charge in [-0.1, -0.05) is 159 Å². The second-order valence-electron chi connectivity index (χ2n) is 14.6. The van der Waals surface area contributed by atoms with Gasteiger partial charge in [0.05, 0.1) is 0 Å². The van der Waals surface area contributed by atoms with Crippen LogP contribution in [0.2, 0.25) is 0 Å². The highest BCUT2D eigenvalue weighted by molar-refractivity contribution is 6.07. The highest BCUT2D eigenvalue weighted by Crippen LogP contribution is 2.44. The van der Waals surface area contributed by atoms with Gasteiger partial charge in [-0.15, -0.1) is 0 Å². The smallest absolute Gasteiger partial charge is 0.00643 e. The number of hydrogen-bond donors (Lipinski definition) is 0. The first-order chi connectivity index (χ1) is 20.7. The molecular formula is C44H60. The Morgan fingerprint density at radius 3 is 1.27 bits per heavy atom. The highest BCUT2D eigenvalue weighted by atomic mass is 14.3. The molecule has 2 fully saturated rings. The quantitative estimate of drug-likeness (QED) is 0.210. The van der Waals surface area contributed by atoms with E-state index >= 15 is 0 Å². The van der Waals surface area contributed by atoms with Gasteiger partial charge in [-0.05, 0) is 112 Å². The first-order valence-electron chi connectivity index (χ1n) is 17.8. The van der Waals surface area contributed by atoms with Crippen LogP contribution >= 0.6 is 0 Å². The lowest BCUT2D eigenvalue weighted by atomic mass is 9.71. The second-order valence-corrected chi connectivity index (χ2v) is 14.6. The van der Waals surface area contributed by atoms with Crippen LogP contribution in [-0.2, 0) is 12.8 Å². The minimum Gasteiger partial charge on any atom is -0.0776 e. The molecule has 0 N–H and O–H groups in total. The van der Waals surface area contributed by atoms with Gasteiger partial charge in [0.15, 0.2) is 0 Å². The number of fused-ring (bicyclic) bond motifs is 7. The topological polar surface area (TPSA) is 0 Å². The highest BCUT2D eigenvalue weighted by Gasteiger charge is 2.29. The predicted molar refractivity (Wildman–Crippen MR) is 196 cm³/mol. The van der Waals surface area contributed by atoms with Gasteiger partial charge in [0.2, 0.25) is 0 Å². The molecule has 4 aromatic carbocycles. The molecule has 4 aromatic rings. The summed E-state index contributed by atoms with van der Waals surface area (Å²) in [4.78, 5) is 0. The van der Waals surface area contributed by atoms with Crippen molar-refractivity contribution in [3.8, 4) is 11.1 Å². The summed E-state index contributed by atoms with van der Waals surface area (Å²) in [6.45, 7) is 2.37. The summed E-state index contributed by atoms with van der Waals surface area (Å²) in [7, 11) is 0. The van der Waals surface area contributed by atoms with Gasteiger partial charge in [-0.2, -0.15) is 0 Å². The van der Waals surface area contributed by atoms with Crippen LogP contribution in [-0.4, -0.2) is 0 Å². The monoisotopic (exact) mass is 588 g/mol. The van der Waals surface area contributed by atoms with Crippen LogP contribution in [0.15, 0.2) is 72.8 Å². The van der Waals surface area contributed by atoms with Gasteiger partial charge in [0.25, 0.3) is 0 Å². The van der Waals surface area contributed by atoms with E-state index in [1.54, 1.807) is 17.5 Å². The van der Waals surface area contributed by atoms with Crippen molar-refractivity contribution in [2.24, 2.45) is 29.6 Å². The lowest BCUT2D eigenvalue weighted by molar-refractivity contribution is 0.174. The maximum absolute atomic E-state index is 2.46.